The summed E-state index contributed by atoms with van der Waals surface area (Å²) in [5.74, 6) is 0.283. The van der Waals surface area contributed by atoms with Crippen molar-refractivity contribution in [3.63, 3.8) is 0 Å². The molecule has 20 heavy (non-hydrogen) atoms. The molecule has 102 valence electrons. The van der Waals surface area contributed by atoms with Crippen LogP contribution >= 0.6 is 23.2 Å². The third kappa shape index (κ3) is 2.15. The van der Waals surface area contributed by atoms with Gasteiger partial charge in [-0.25, -0.2) is 14.4 Å². The summed E-state index contributed by atoms with van der Waals surface area (Å²) < 4.78 is 15.7. The average Bonchev–Trinajstić information content (AvgIpc) is 2.79. The molecular weight excluding hydrogens is 300 g/mol. The van der Waals surface area contributed by atoms with Gasteiger partial charge in [0.05, 0.1) is 11.6 Å². The molecule has 0 amide bonds. The number of benzene rings is 1. The first kappa shape index (κ1) is 13.3. The molecule has 0 unspecified atom stereocenters. The van der Waals surface area contributed by atoms with Crippen molar-refractivity contribution in [3.05, 3.63) is 52.7 Å². The zero-order chi connectivity index (χ0) is 14.3. The third-order valence-electron chi connectivity index (χ3n) is 2.98. The number of rotatable bonds is 2. The molecule has 3 nitrogen and oxygen atoms in total. The zero-order valence-corrected chi connectivity index (χ0v) is 12.1. The Morgan fingerprint density at radius 1 is 1.20 bits per heavy atom. The van der Waals surface area contributed by atoms with E-state index in [2.05, 4.69) is 9.97 Å². The summed E-state index contributed by atoms with van der Waals surface area (Å²) in [4.78, 5) is 8.80. The van der Waals surface area contributed by atoms with Crippen LogP contribution in [0.5, 0.6) is 0 Å². The molecule has 3 rings (SSSR count). The molecule has 0 spiro atoms. The number of hydrogen-bond acceptors (Lipinski definition) is 2. The minimum absolute atomic E-state index is 0.154. The van der Waals surface area contributed by atoms with Crippen LogP contribution in [0, 0.1) is 12.7 Å². The Morgan fingerprint density at radius 3 is 2.75 bits per heavy atom. The fraction of sp³-hybridized carbons (Fsp3) is 0.143. The van der Waals surface area contributed by atoms with Crippen molar-refractivity contribution in [2.75, 3.05) is 0 Å². The number of pyridine rings is 1. The highest BCUT2D eigenvalue weighted by atomic mass is 35.5. The van der Waals surface area contributed by atoms with E-state index >= 15 is 0 Å². The predicted octanol–water partition coefficient (Wildman–Crippen LogP) is 4.26. The van der Waals surface area contributed by atoms with Crippen LogP contribution in [0.25, 0.3) is 16.9 Å². The van der Waals surface area contributed by atoms with E-state index in [0.29, 0.717) is 27.7 Å². The predicted molar refractivity (Wildman–Crippen MR) is 78.1 cm³/mol. The topological polar surface area (TPSA) is 30.7 Å². The Kier molecular flexibility index (Phi) is 3.36. The Morgan fingerprint density at radius 2 is 2.00 bits per heavy atom. The van der Waals surface area contributed by atoms with E-state index in [0.717, 1.165) is 5.69 Å². The lowest BCUT2D eigenvalue weighted by atomic mass is 10.3. The lowest BCUT2D eigenvalue weighted by Gasteiger charge is -2.09. The van der Waals surface area contributed by atoms with Gasteiger partial charge in [0.1, 0.15) is 17.2 Å². The number of fused-ring (bicyclic) bond motifs is 1. The summed E-state index contributed by atoms with van der Waals surface area (Å²) in [6.07, 6.45) is 0. The number of hydrogen-bond donors (Lipinski definition) is 0. The zero-order valence-electron chi connectivity index (χ0n) is 10.6. The summed E-state index contributed by atoms with van der Waals surface area (Å²) in [6, 6.07) is 8.05. The number of aromatic nitrogens is 3. The maximum absolute atomic E-state index is 14.1. The fourth-order valence-electron chi connectivity index (χ4n) is 2.10. The second-order valence-corrected chi connectivity index (χ2v) is 5.09. The lowest BCUT2D eigenvalue weighted by molar-refractivity contribution is 0.617. The van der Waals surface area contributed by atoms with Crippen LogP contribution in [0.15, 0.2) is 30.3 Å². The number of alkyl halides is 1. The Labute approximate surface area is 125 Å². The molecule has 2 aromatic heterocycles. The summed E-state index contributed by atoms with van der Waals surface area (Å²) >= 11 is 11.9. The molecular formula is C14H10Cl2FN3. The molecule has 1 aromatic carbocycles. The van der Waals surface area contributed by atoms with Crippen molar-refractivity contribution in [2.45, 2.75) is 12.8 Å². The smallest absolute Gasteiger partial charge is 0.165 e. The summed E-state index contributed by atoms with van der Waals surface area (Å²) in [5, 5.41) is 0.441. The number of halogens is 3. The summed E-state index contributed by atoms with van der Waals surface area (Å²) in [7, 11) is 0. The SMILES string of the molecule is Cc1ccc2nc(CCl)n(-c3cc(Cl)ccc3F)c2n1. The molecule has 0 aliphatic carbocycles. The molecule has 0 saturated heterocycles. The van der Waals surface area contributed by atoms with E-state index in [1.165, 1.54) is 18.2 Å². The van der Waals surface area contributed by atoms with E-state index < -0.39 is 5.82 Å². The molecule has 0 fully saturated rings. The van der Waals surface area contributed by atoms with E-state index in [1.54, 1.807) is 4.57 Å². The first-order valence-electron chi connectivity index (χ1n) is 5.96. The van der Waals surface area contributed by atoms with E-state index in [-0.39, 0.29) is 5.88 Å². The van der Waals surface area contributed by atoms with Crippen LogP contribution in [0.1, 0.15) is 11.5 Å². The van der Waals surface area contributed by atoms with Crippen LogP contribution in [-0.4, -0.2) is 14.5 Å². The number of aryl methyl sites for hydroxylation is 1. The van der Waals surface area contributed by atoms with Gasteiger partial charge in [0, 0.05) is 10.7 Å². The maximum Gasteiger partial charge on any atom is 0.165 e. The highest BCUT2D eigenvalue weighted by Crippen LogP contribution is 2.25. The minimum atomic E-state index is -0.400. The average molecular weight is 310 g/mol. The quantitative estimate of drug-likeness (QED) is 0.662. The van der Waals surface area contributed by atoms with Crippen molar-refractivity contribution < 1.29 is 4.39 Å². The van der Waals surface area contributed by atoms with E-state index in [4.69, 9.17) is 23.2 Å². The molecule has 2 heterocycles. The lowest BCUT2D eigenvalue weighted by Crippen LogP contribution is -2.03. The van der Waals surface area contributed by atoms with Gasteiger partial charge in [-0.05, 0) is 37.3 Å². The largest absolute Gasteiger partial charge is 0.277 e. The van der Waals surface area contributed by atoms with Gasteiger partial charge in [0.25, 0.3) is 0 Å². The molecule has 0 aliphatic rings. The molecule has 0 aliphatic heterocycles. The van der Waals surface area contributed by atoms with Crippen molar-refractivity contribution in [1.29, 1.82) is 0 Å². The maximum atomic E-state index is 14.1. The molecule has 3 aromatic rings. The van der Waals surface area contributed by atoms with Crippen LogP contribution in [0.2, 0.25) is 5.02 Å². The monoisotopic (exact) mass is 309 g/mol. The van der Waals surface area contributed by atoms with Crippen LogP contribution < -0.4 is 0 Å². The first-order chi connectivity index (χ1) is 9.60. The van der Waals surface area contributed by atoms with Crippen molar-refractivity contribution in [1.82, 2.24) is 14.5 Å². The normalized spacial score (nSPS) is 11.2. The van der Waals surface area contributed by atoms with Crippen molar-refractivity contribution in [2.24, 2.45) is 0 Å². The second kappa shape index (κ2) is 5.04. The minimum Gasteiger partial charge on any atom is -0.277 e. The molecule has 0 N–H and O–H groups in total. The fourth-order valence-corrected chi connectivity index (χ4v) is 2.44. The number of nitrogens with zero attached hydrogens (tertiary/aromatic N) is 3. The van der Waals surface area contributed by atoms with Gasteiger partial charge in [-0.1, -0.05) is 11.6 Å². The number of imidazole rings is 1. The Balaban J connectivity index is 2.39. The highest BCUT2D eigenvalue weighted by Gasteiger charge is 2.16. The summed E-state index contributed by atoms with van der Waals surface area (Å²) in [6.45, 7) is 1.87. The van der Waals surface area contributed by atoms with Gasteiger partial charge >= 0.3 is 0 Å². The standard InChI is InChI=1S/C14H10Cl2FN3/c1-8-2-5-11-14(18-8)20(13(7-15)19-11)12-6-9(16)3-4-10(12)17/h2-6H,7H2,1H3. The Bertz CT molecular complexity index is 798. The van der Waals surface area contributed by atoms with Gasteiger partial charge in [0.15, 0.2) is 5.65 Å². The van der Waals surface area contributed by atoms with Crippen molar-refractivity contribution >= 4 is 34.4 Å². The molecule has 0 radical (unpaired) electrons. The van der Waals surface area contributed by atoms with Gasteiger partial charge in [-0.2, -0.15) is 0 Å². The van der Waals surface area contributed by atoms with Gasteiger partial charge in [-0.15, -0.1) is 11.6 Å². The molecule has 6 heteroatoms. The van der Waals surface area contributed by atoms with Crippen molar-refractivity contribution in [3.8, 4) is 5.69 Å². The Hall–Kier alpha value is -1.65. The van der Waals surface area contributed by atoms with E-state index in [9.17, 15) is 4.39 Å². The molecule has 0 atom stereocenters. The third-order valence-corrected chi connectivity index (χ3v) is 3.46. The van der Waals surface area contributed by atoms with E-state index in [1.807, 2.05) is 19.1 Å². The van der Waals surface area contributed by atoms with Gasteiger partial charge in [0.2, 0.25) is 0 Å². The van der Waals surface area contributed by atoms with Gasteiger partial charge < -0.3 is 0 Å². The van der Waals surface area contributed by atoms with Crippen LogP contribution in [0.3, 0.4) is 0 Å². The first-order valence-corrected chi connectivity index (χ1v) is 6.88. The molecule has 0 bridgehead atoms. The summed E-state index contributed by atoms with van der Waals surface area (Å²) in [5.41, 5.74) is 2.36. The van der Waals surface area contributed by atoms with Crippen LogP contribution in [-0.2, 0) is 5.88 Å². The van der Waals surface area contributed by atoms with Gasteiger partial charge in [-0.3, -0.25) is 4.57 Å². The second-order valence-electron chi connectivity index (χ2n) is 4.39. The van der Waals surface area contributed by atoms with Crippen LogP contribution in [0.4, 0.5) is 4.39 Å². The molecule has 0 saturated carbocycles. The highest BCUT2D eigenvalue weighted by molar-refractivity contribution is 6.30.